The number of rotatable bonds is 2. The average molecular weight is 261 g/mol. The van der Waals surface area contributed by atoms with Crippen LogP contribution < -0.4 is 4.90 Å². The van der Waals surface area contributed by atoms with Crippen molar-refractivity contribution in [2.75, 3.05) is 11.4 Å². The molecule has 19 heavy (non-hydrogen) atoms. The fourth-order valence-electron chi connectivity index (χ4n) is 3.12. The molecule has 0 spiro atoms. The van der Waals surface area contributed by atoms with Gasteiger partial charge in [-0.25, -0.2) is 4.79 Å². The fourth-order valence-corrected chi connectivity index (χ4v) is 3.12. The lowest BCUT2D eigenvalue weighted by atomic mass is 9.85. The molecular weight excluding hydrogens is 238 g/mol. The molecule has 1 aliphatic heterocycles. The van der Waals surface area contributed by atoms with Crippen molar-refractivity contribution in [3.8, 4) is 0 Å². The normalized spacial score (nSPS) is 27.4. The summed E-state index contributed by atoms with van der Waals surface area (Å²) in [4.78, 5) is 13.5. The number of carboxylic acids is 1. The van der Waals surface area contributed by atoms with Gasteiger partial charge in [-0.15, -0.1) is 0 Å². The summed E-state index contributed by atoms with van der Waals surface area (Å²) >= 11 is 0. The van der Waals surface area contributed by atoms with Crippen LogP contribution in [0.15, 0.2) is 18.2 Å². The summed E-state index contributed by atoms with van der Waals surface area (Å²) in [5.74, 6) is 0.506. The second kappa shape index (κ2) is 5.24. The Kier molecular flexibility index (Phi) is 3.83. The van der Waals surface area contributed by atoms with Gasteiger partial charge in [-0.2, -0.15) is 0 Å². The number of nitrogens with zero attached hydrogens (tertiary/aromatic N) is 1. The lowest BCUT2D eigenvalue weighted by Crippen LogP contribution is -2.45. The Labute approximate surface area is 115 Å². The monoisotopic (exact) mass is 261 g/mol. The molecule has 3 atom stereocenters. The van der Waals surface area contributed by atoms with Gasteiger partial charge in [0.1, 0.15) is 0 Å². The maximum absolute atomic E-state index is 11.1. The van der Waals surface area contributed by atoms with Crippen molar-refractivity contribution < 1.29 is 9.90 Å². The highest BCUT2D eigenvalue weighted by molar-refractivity contribution is 5.89. The van der Waals surface area contributed by atoms with Gasteiger partial charge in [-0.05, 0) is 55.9 Å². The zero-order valence-corrected chi connectivity index (χ0v) is 12.2. The zero-order valence-electron chi connectivity index (χ0n) is 12.2. The zero-order chi connectivity index (χ0) is 14.2. The number of hydrogen-bond acceptors (Lipinski definition) is 2. The molecule has 0 aromatic heterocycles. The standard InChI is InChI=1S/C16H23NO2/c1-10-7-11(2)13(4)17(9-10)14-5-6-15(16(18)19)12(3)8-14/h5-6,8,10-11,13H,7,9H2,1-4H3,(H,18,19). The van der Waals surface area contributed by atoms with Crippen molar-refractivity contribution >= 4 is 11.7 Å². The van der Waals surface area contributed by atoms with Crippen LogP contribution in [-0.4, -0.2) is 23.7 Å². The van der Waals surface area contributed by atoms with Crippen LogP contribution in [0.1, 0.15) is 43.1 Å². The average Bonchev–Trinajstić information content (AvgIpc) is 2.33. The van der Waals surface area contributed by atoms with Crippen LogP contribution in [-0.2, 0) is 0 Å². The first kappa shape index (κ1) is 13.9. The van der Waals surface area contributed by atoms with Crippen molar-refractivity contribution in [1.82, 2.24) is 0 Å². The van der Waals surface area contributed by atoms with Gasteiger partial charge in [-0.1, -0.05) is 13.8 Å². The molecule has 1 aromatic carbocycles. The molecule has 104 valence electrons. The Bertz CT molecular complexity index is 484. The van der Waals surface area contributed by atoms with Crippen LogP contribution in [0.5, 0.6) is 0 Å². The first-order chi connectivity index (χ1) is 8.90. The Morgan fingerprint density at radius 3 is 2.58 bits per heavy atom. The summed E-state index contributed by atoms with van der Waals surface area (Å²) in [5, 5.41) is 9.09. The second-order valence-electron chi connectivity index (χ2n) is 6.02. The van der Waals surface area contributed by atoms with Crippen molar-refractivity contribution in [3.05, 3.63) is 29.3 Å². The van der Waals surface area contributed by atoms with Crippen LogP contribution in [0.2, 0.25) is 0 Å². The molecule has 0 radical (unpaired) electrons. The van der Waals surface area contributed by atoms with Crippen LogP contribution in [0.3, 0.4) is 0 Å². The number of carboxylic acid groups (broad SMARTS) is 1. The maximum atomic E-state index is 11.1. The first-order valence-corrected chi connectivity index (χ1v) is 7.00. The van der Waals surface area contributed by atoms with E-state index in [-0.39, 0.29) is 0 Å². The predicted molar refractivity (Wildman–Crippen MR) is 77.9 cm³/mol. The van der Waals surface area contributed by atoms with E-state index >= 15 is 0 Å². The van der Waals surface area contributed by atoms with Gasteiger partial charge in [-0.3, -0.25) is 0 Å². The number of aryl methyl sites for hydroxylation is 1. The molecule has 1 heterocycles. The highest BCUT2D eigenvalue weighted by Crippen LogP contribution is 2.32. The molecule has 1 fully saturated rings. The van der Waals surface area contributed by atoms with E-state index in [9.17, 15) is 4.79 Å². The lowest BCUT2D eigenvalue weighted by Gasteiger charge is -2.42. The van der Waals surface area contributed by atoms with E-state index in [2.05, 4.69) is 25.7 Å². The van der Waals surface area contributed by atoms with Crippen molar-refractivity contribution in [1.29, 1.82) is 0 Å². The quantitative estimate of drug-likeness (QED) is 0.885. The Hall–Kier alpha value is -1.51. The number of anilines is 1. The molecule has 0 saturated carbocycles. The van der Waals surface area contributed by atoms with Crippen molar-refractivity contribution in [2.24, 2.45) is 11.8 Å². The number of carbonyl (C=O) groups is 1. The summed E-state index contributed by atoms with van der Waals surface area (Å²) in [5.41, 5.74) is 2.38. The van der Waals surface area contributed by atoms with Crippen LogP contribution in [0, 0.1) is 18.8 Å². The van der Waals surface area contributed by atoms with Crippen LogP contribution in [0.25, 0.3) is 0 Å². The van der Waals surface area contributed by atoms with Crippen molar-refractivity contribution in [2.45, 2.75) is 40.2 Å². The van der Waals surface area contributed by atoms with Gasteiger partial charge < -0.3 is 10.0 Å². The molecule has 0 bridgehead atoms. The van der Waals surface area contributed by atoms with E-state index in [1.165, 1.54) is 6.42 Å². The largest absolute Gasteiger partial charge is 0.478 e. The van der Waals surface area contributed by atoms with Gasteiger partial charge in [0.15, 0.2) is 0 Å². The summed E-state index contributed by atoms with van der Waals surface area (Å²) in [6.45, 7) is 9.77. The number of piperidine rings is 1. The fraction of sp³-hybridized carbons (Fsp3) is 0.562. The third-order valence-corrected chi connectivity index (χ3v) is 4.37. The highest BCUT2D eigenvalue weighted by atomic mass is 16.4. The minimum atomic E-state index is -0.850. The summed E-state index contributed by atoms with van der Waals surface area (Å²) in [7, 11) is 0. The first-order valence-electron chi connectivity index (χ1n) is 7.00. The van der Waals surface area contributed by atoms with Gasteiger partial charge in [0.2, 0.25) is 0 Å². The number of aromatic carboxylic acids is 1. The topological polar surface area (TPSA) is 40.5 Å². The highest BCUT2D eigenvalue weighted by Gasteiger charge is 2.29. The van der Waals surface area contributed by atoms with Crippen LogP contribution in [0.4, 0.5) is 5.69 Å². The van der Waals surface area contributed by atoms with Gasteiger partial charge >= 0.3 is 5.97 Å². The summed E-state index contributed by atoms with van der Waals surface area (Å²) in [6.07, 6.45) is 1.27. The van der Waals surface area contributed by atoms with Gasteiger partial charge in [0.25, 0.3) is 0 Å². The molecule has 2 rings (SSSR count). The van der Waals surface area contributed by atoms with Crippen molar-refractivity contribution in [3.63, 3.8) is 0 Å². The van der Waals surface area contributed by atoms with E-state index in [0.29, 0.717) is 23.4 Å². The lowest BCUT2D eigenvalue weighted by molar-refractivity contribution is 0.0696. The Morgan fingerprint density at radius 1 is 1.32 bits per heavy atom. The molecule has 1 aliphatic rings. The SMILES string of the molecule is Cc1cc(N2CC(C)CC(C)C2C)ccc1C(=O)O. The Morgan fingerprint density at radius 2 is 2.00 bits per heavy atom. The maximum Gasteiger partial charge on any atom is 0.335 e. The third-order valence-electron chi connectivity index (χ3n) is 4.37. The molecule has 1 N–H and O–H groups in total. The minimum absolute atomic E-state index is 0.398. The van der Waals surface area contributed by atoms with E-state index in [1.54, 1.807) is 6.07 Å². The number of benzene rings is 1. The molecule has 1 saturated heterocycles. The molecule has 3 heteroatoms. The van der Waals surface area contributed by atoms with E-state index in [4.69, 9.17) is 5.11 Å². The molecule has 3 nitrogen and oxygen atoms in total. The third kappa shape index (κ3) is 2.75. The molecular formula is C16H23NO2. The van der Waals surface area contributed by atoms with Crippen LogP contribution >= 0.6 is 0 Å². The van der Waals surface area contributed by atoms with E-state index in [0.717, 1.165) is 17.8 Å². The van der Waals surface area contributed by atoms with E-state index < -0.39 is 5.97 Å². The molecule has 1 aromatic rings. The Balaban J connectivity index is 2.31. The van der Waals surface area contributed by atoms with E-state index in [1.807, 2.05) is 19.1 Å². The summed E-state index contributed by atoms with van der Waals surface area (Å²) in [6, 6.07) is 6.18. The van der Waals surface area contributed by atoms with Gasteiger partial charge in [0, 0.05) is 18.3 Å². The number of hydrogen-bond donors (Lipinski definition) is 1. The molecule has 3 unspecified atom stereocenters. The smallest absolute Gasteiger partial charge is 0.335 e. The molecule has 0 aliphatic carbocycles. The second-order valence-corrected chi connectivity index (χ2v) is 6.02. The molecule has 0 amide bonds. The predicted octanol–water partition coefficient (Wildman–Crippen LogP) is 3.56. The van der Waals surface area contributed by atoms with Gasteiger partial charge in [0.05, 0.1) is 5.56 Å². The summed E-state index contributed by atoms with van der Waals surface area (Å²) < 4.78 is 0. The minimum Gasteiger partial charge on any atom is -0.478 e.